The number of hydrogen-bond acceptors (Lipinski definition) is 5. The summed E-state index contributed by atoms with van der Waals surface area (Å²) in [5.41, 5.74) is 0.803. The fourth-order valence-corrected chi connectivity index (χ4v) is 1.91. The van der Waals surface area contributed by atoms with Gasteiger partial charge in [0.15, 0.2) is 0 Å². The first-order valence-corrected chi connectivity index (χ1v) is 6.47. The van der Waals surface area contributed by atoms with Crippen LogP contribution < -0.4 is 34.9 Å². The molecule has 19 heavy (non-hydrogen) atoms. The quantitative estimate of drug-likeness (QED) is 0.386. The molecule has 0 saturated heterocycles. The van der Waals surface area contributed by atoms with E-state index in [-0.39, 0.29) is 46.7 Å². The minimum atomic E-state index is -4.51. The Labute approximate surface area is 133 Å². The minimum absolute atomic E-state index is 0. The molecule has 0 fully saturated rings. The maximum atomic E-state index is 11.3. The second-order valence-corrected chi connectivity index (χ2v) is 5.24. The molecule has 98 valence electrons. The number of aryl methyl sites for hydroxylation is 1. The number of anilines is 1. The molecule has 1 rings (SSSR count). The number of rotatable bonds is 4. The average molecular weight is 293 g/mol. The van der Waals surface area contributed by atoms with Gasteiger partial charge in [0.2, 0.25) is 5.91 Å². The van der Waals surface area contributed by atoms with E-state index in [1.54, 1.807) is 6.92 Å². The van der Waals surface area contributed by atoms with E-state index in [1.807, 2.05) is 0 Å². The molecule has 1 N–H and O–H groups in total. The molecule has 0 unspecified atom stereocenters. The number of hydrogen-bond donors (Lipinski definition) is 1. The molecule has 0 atom stereocenters. The van der Waals surface area contributed by atoms with Crippen molar-refractivity contribution in [2.75, 3.05) is 5.32 Å². The third-order valence-electron chi connectivity index (χ3n) is 2.17. The van der Waals surface area contributed by atoms with E-state index in [1.165, 1.54) is 19.1 Å². The van der Waals surface area contributed by atoms with E-state index >= 15 is 0 Å². The Morgan fingerprint density at radius 3 is 2.32 bits per heavy atom. The van der Waals surface area contributed by atoms with Crippen LogP contribution in [0.4, 0.5) is 5.69 Å². The Balaban J connectivity index is 0.00000324. The van der Waals surface area contributed by atoms with E-state index in [0.29, 0.717) is 11.3 Å². The maximum Gasteiger partial charge on any atom is 1.00 e. The van der Waals surface area contributed by atoms with Crippen molar-refractivity contribution in [2.24, 2.45) is 0 Å². The Morgan fingerprint density at radius 1 is 1.32 bits per heavy atom. The van der Waals surface area contributed by atoms with Crippen molar-refractivity contribution in [3.05, 3.63) is 23.8 Å². The zero-order valence-electron chi connectivity index (χ0n) is 10.9. The van der Waals surface area contributed by atoms with Gasteiger partial charge >= 0.3 is 29.6 Å². The Kier molecular flexibility index (Phi) is 6.88. The van der Waals surface area contributed by atoms with Crippen molar-refractivity contribution >= 4 is 27.5 Å². The van der Waals surface area contributed by atoms with Crippen LogP contribution in [0, 0.1) is 6.92 Å². The van der Waals surface area contributed by atoms with Gasteiger partial charge in [-0.3, -0.25) is 9.59 Å². The normalized spacial score (nSPS) is 10.5. The largest absolute Gasteiger partial charge is 1.00 e. The summed E-state index contributed by atoms with van der Waals surface area (Å²) >= 11 is 0. The summed E-state index contributed by atoms with van der Waals surface area (Å²) in [5, 5.41) is 2.46. The summed E-state index contributed by atoms with van der Waals surface area (Å²) in [4.78, 5) is 21.7. The fourth-order valence-electron chi connectivity index (χ4n) is 1.35. The predicted molar refractivity (Wildman–Crippen MR) is 63.1 cm³/mol. The topological polar surface area (TPSA) is 103 Å². The Morgan fingerprint density at radius 2 is 1.89 bits per heavy atom. The first-order valence-electron chi connectivity index (χ1n) is 5.06. The number of Topliss-reactive ketones (excluding diaryl/α,β-unsaturated/α-hetero) is 1. The van der Waals surface area contributed by atoms with Crippen molar-refractivity contribution in [2.45, 2.75) is 25.2 Å². The predicted octanol–water partition coefficient (Wildman–Crippen LogP) is -2.18. The van der Waals surface area contributed by atoms with Gasteiger partial charge in [-0.25, -0.2) is 8.42 Å². The molecule has 0 aliphatic heterocycles. The third kappa shape index (κ3) is 5.84. The van der Waals surface area contributed by atoms with Crippen LogP contribution in [0.25, 0.3) is 0 Å². The minimum Gasteiger partial charge on any atom is -0.744 e. The number of carbonyl (C=O) groups is 2. The van der Waals surface area contributed by atoms with Gasteiger partial charge in [-0.15, -0.1) is 0 Å². The van der Waals surface area contributed by atoms with Gasteiger partial charge in [0.05, 0.1) is 11.3 Å². The molecule has 8 heteroatoms. The van der Waals surface area contributed by atoms with Crippen molar-refractivity contribution in [3.63, 3.8) is 0 Å². The number of carbonyl (C=O) groups excluding carboxylic acids is 2. The van der Waals surface area contributed by atoms with Crippen LogP contribution in [-0.2, 0) is 19.7 Å². The molecule has 0 aliphatic carbocycles. The molecule has 0 heterocycles. The van der Waals surface area contributed by atoms with Crippen molar-refractivity contribution in [1.29, 1.82) is 0 Å². The zero-order chi connectivity index (χ0) is 13.9. The monoisotopic (exact) mass is 293 g/mol. The van der Waals surface area contributed by atoms with Gasteiger partial charge in [0.1, 0.15) is 15.9 Å². The van der Waals surface area contributed by atoms with Crippen LogP contribution in [0.2, 0.25) is 0 Å². The van der Waals surface area contributed by atoms with Gasteiger partial charge in [0.25, 0.3) is 0 Å². The van der Waals surface area contributed by atoms with E-state index in [0.717, 1.165) is 6.07 Å². The third-order valence-corrected chi connectivity index (χ3v) is 3.00. The smallest absolute Gasteiger partial charge is 0.744 e. The van der Waals surface area contributed by atoms with Crippen LogP contribution in [0.15, 0.2) is 23.1 Å². The molecular weight excluding hydrogens is 281 g/mol. The molecular formula is C11H12NNaO5S. The summed E-state index contributed by atoms with van der Waals surface area (Å²) in [6.45, 7) is 2.84. The average Bonchev–Trinajstić information content (AvgIpc) is 2.18. The van der Waals surface area contributed by atoms with Gasteiger partial charge < -0.3 is 9.87 Å². The summed E-state index contributed by atoms with van der Waals surface area (Å²) in [6.07, 6.45) is -0.249. The number of ketones is 1. The second kappa shape index (κ2) is 7.16. The Bertz CT molecular complexity index is 597. The van der Waals surface area contributed by atoms with E-state index < -0.39 is 16.0 Å². The van der Waals surface area contributed by atoms with Crippen molar-refractivity contribution < 1.29 is 52.1 Å². The summed E-state index contributed by atoms with van der Waals surface area (Å²) in [5.74, 6) is -0.757. The molecule has 0 aliphatic rings. The van der Waals surface area contributed by atoms with Crippen molar-refractivity contribution in [1.82, 2.24) is 0 Å². The first-order chi connectivity index (χ1) is 8.20. The zero-order valence-corrected chi connectivity index (χ0v) is 13.7. The number of amides is 1. The molecule has 1 aromatic rings. The summed E-state index contributed by atoms with van der Waals surface area (Å²) in [7, 11) is -4.51. The van der Waals surface area contributed by atoms with Gasteiger partial charge in [-0.05, 0) is 37.6 Å². The molecule has 0 spiro atoms. The molecule has 1 amide bonds. The SMILES string of the molecule is CC(=O)CC(=O)Nc1ccc(S(=O)(=O)[O-])cc1C.[Na+]. The van der Waals surface area contributed by atoms with Crippen LogP contribution in [0.5, 0.6) is 0 Å². The van der Waals surface area contributed by atoms with Crippen LogP contribution in [0.1, 0.15) is 18.9 Å². The molecule has 6 nitrogen and oxygen atoms in total. The molecule has 0 radical (unpaired) electrons. The van der Waals surface area contributed by atoms with Crippen LogP contribution in [-0.4, -0.2) is 24.7 Å². The van der Waals surface area contributed by atoms with Crippen LogP contribution >= 0.6 is 0 Å². The fraction of sp³-hybridized carbons (Fsp3) is 0.273. The van der Waals surface area contributed by atoms with E-state index in [9.17, 15) is 22.6 Å². The Hall–Kier alpha value is -0.730. The number of benzene rings is 1. The second-order valence-electron chi connectivity index (χ2n) is 3.86. The molecule has 0 bridgehead atoms. The molecule has 0 saturated carbocycles. The molecule has 0 aromatic heterocycles. The van der Waals surface area contributed by atoms with Crippen LogP contribution in [0.3, 0.4) is 0 Å². The van der Waals surface area contributed by atoms with E-state index in [4.69, 9.17) is 0 Å². The van der Waals surface area contributed by atoms with E-state index in [2.05, 4.69) is 5.32 Å². The van der Waals surface area contributed by atoms with Gasteiger partial charge in [-0.1, -0.05) is 0 Å². The standard InChI is InChI=1S/C11H13NO5S.Na/c1-7-5-9(18(15,16)17)3-4-10(7)12-11(14)6-8(2)13;/h3-5H,6H2,1-2H3,(H,12,14)(H,15,16,17);/q;+1/p-1. The summed E-state index contributed by atoms with van der Waals surface area (Å²) < 4.78 is 32.3. The number of nitrogens with one attached hydrogen (secondary N) is 1. The molecule has 1 aromatic carbocycles. The van der Waals surface area contributed by atoms with Gasteiger partial charge in [-0.2, -0.15) is 0 Å². The summed E-state index contributed by atoms with van der Waals surface area (Å²) in [6, 6.07) is 3.60. The van der Waals surface area contributed by atoms with Gasteiger partial charge in [0, 0.05) is 5.69 Å². The first kappa shape index (κ1) is 18.3. The maximum absolute atomic E-state index is 11.3. The van der Waals surface area contributed by atoms with Crippen molar-refractivity contribution in [3.8, 4) is 0 Å².